The average Bonchev–Trinajstić information content (AvgIpc) is 3.36. The van der Waals surface area contributed by atoms with Crippen molar-refractivity contribution in [2.45, 2.75) is 24.8 Å². The second-order valence-corrected chi connectivity index (χ2v) is 6.43. The van der Waals surface area contributed by atoms with Gasteiger partial charge in [0.25, 0.3) is 0 Å². The summed E-state index contributed by atoms with van der Waals surface area (Å²) in [4.78, 5) is 24.2. The van der Waals surface area contributed by atoms with Crippen molar-refractivity contribution in [2.24, 2.45) is 5.92 Å². The molecule has 3 atom stereocenters. The summed E-state index contributed by atoms with van der Waals surface area (Å²) < 4.78 is 26.1. The fraction of sp³-hybridized carbons (Fsp3) is 0.263. The molecule has 4 nitrogen and oxygen atoms in total. The molecule has 25 heavy (non-hydrogen) atoms. The molecule has 6 heteroatoms. The monoisotopic (exact) mass is 345 g/mol. The normalized spacial score (nSPS) is 21.2. The lowest BCUT2D eigenvalue weighted by molar-refractivity contribution is -0.147. The molecule has 0 aromatic heterocycles. The smallest absolute Gasteiger partial charge is 0.333 e. The van der Waals surface area contributed by atoms with Crippen LogP contribution < -0.4 is 5.32 Å². The molecule has 0 heterocycles. The van der Waals surface area contributed by atoms with E-state index < -0.39 is 17.3 Å². The number of benzene rings is 2. The maximum Gasteiger partial charge on any atom is 0.333 e. The number of hydrogen-bond donors (Lipinski definition) is 2. The quantitative estimate of drug-likeness (QED) is 0.875. The van der Waals surface area contributed by atoms with Gasteiger partial charge in [-0.1, -0.05) is 24.3 Å². The topological polar surface area (TPSA) is 66.4 Å². The Bertz CT molecular complexity index is 804. The molecular weight excluding hydrogens is 328 g/mol. The van der Waals surface area contributed by atoms with Crippen molar-refractivity contribution in [3.05, 3.63) is 71.3 Å². The van der Waals surface area contributed by atoms with Crippen molar-refractivity contribution >= 4 is 11.9 Å². The molecule has 1 saturated carbocycles. The highest BCUT2D eigenvalue weighted by atomic mass is 19.1. The fourth-order valence-electron chi connectivity index (χ4n) is 2.93. The lowest BCUT2D eigenvalue weighted by Gasteiger charge is -2.27. The van der Waals surface area contributed by atoms with Crippen LogP contribution in [0.1, 0.15) is 30.4 Å². The zero-order valence-electron chi connectivity index (χ0n) is 13.5. The van der Waals surface area contributed by atoms with Gasteiger partial charge in [-0.3, -0.25) is 4.79 Å². The Balaban J connectivity index is 1.75. The van der Waals surface area contributed by atoms with Crippen LogP contribution in [0.25, 0.3) is 0 Å². The third kappa shape index (κ3) is 3.38. The van der Waals surface area contributed by atoms with E-state index in [1.165, 1.54) is 31.2 Å². The minimum Gasteiger partial charge on any atom is -0.479 e. The minimum absolute atomic E-state index is 0.0492. The Labute approximate surface area is 143 Å². The number of nitrogens with one attached hydrogen (secondary N) is 1. The van der Waals surface area contributed by atoms with Gasteiger partial charge in [0, 0.05) is 5.92 Å². The summed E-state index contributed by atoms with van der Waals surface area (Å²) in [5.41, 5.74) is -0.519. The first kappa shape index (κ1) is 17.1. The van der Waals surface area contributed by atoms with Gasteiger partial charge >= 0.3 is 5.97 Å². The van der Waals surface area contributed by atoms with Gasteiger partial charge in [0.15, 0.2) is 5.54 Å². The Hall–Kier alpha value is -2.76. The predicted octanol–water partition coefficient (Wildman–Crippen LogP) is 3.18. The molecule has 1 amide bonds. The van der Waals surface area contributed by atoms with Crippen LogP contribution in [-0.4, -0.2) is 17.0 Å². The molecule has 130 valence electrons. The maximum absolute atomic E-state index is 13.1. The first-order valence-electron chi connectivity index (χ1n) is 7.88. The van der Waals surface area contributed by atoms with Crippen LogP contribution in [0.2, 0.25) is 0 Å². The molecule has 0 radical (unpaired) electrons. The molecule has 0 bridgehead atoms. The number of aliphatic carboxylic acids is 1. The molecule has 0 aliphatic heterocycles. The van der Waals surface area contributed by atoms with Crippen LogP contribution in [0.4, 0.5) is 8.78 Å². The molecule has 2 aromatic rings. The van der Waals surface area contributed by atoms with Gasteiger partial charge in [-0.2, -0.15) is 0 Å². The number of rotatable bonds is 5. The third-order valence-corrected chi connectivity index (χ3v) is 4.65. The van der Waals surface area contributed by atoms with Gasteiger partial charge in [0.2, 0.25) is 5.91 Å². The number of carboxylic acid groups (broad SMARTS) is 1. The van der Waals surface area contributed by atoms with E-state index in [1.807, 2.05) is 0 Å². The highest BCUT2D eigenvalue weighted by molar-refractivity contribution is 5.90. The Morgan fingerprint density at radius 1 is 1.04 bits per heavy atom. The molecule has 2 N–H and O–H groups in total. The van der Waals surface area contributed by atoms with Crippen LogP contribution in [0.3, 0.4) is 0 Å². The summed E-state index contributed by atoms with van der Waals surface area (Å²) in [6, 6.07) is 10.9. The Kier molecular flexibility index (Phi) is 4.29. The van der Waals surface area contributed by atoms with Crippen molar-refractivity contribution in [2.75, 3.05) is 0 Å². The van der Waals surface area contributed by atoms with Gasteiger partial charge in [-0.15, -0.1) is 0 Å². The SMILES string of the molecule is CC(NC(=O)C1CC1c1ccc(F)cc1)(C(=O)O)c1ccc(F)cc1. The molecular formula is C19H17F2NO3. The maximum atomic E-state index is 13.1. The Morgan fingerprint density at radius 2 is 1.56 bits per heavy atom. The number of carbonyl (C=O) groups excluding carboxylic acids is 1. The van der Waals surface area contributed by atoms with E-state index in [2.05, 4.69) is 5.32 Å². The van der Waals surface area contributed by atoms with Gasteiger partial charge in [0.05, 0.1) is 0 Å². The summed E-state index contributed by atoms with van der Waals surface area (Å²) in [6.45, 7) is 1.37. The standard InChI is InChI=1S/C19H17F2NO3/c1-19(18(24)25,12-4-8-14(21)9-5-12)22-17(23)16-10-15(16)11-2-6-13(20)7-3-11/h2-9,15-16H,10H2,1H3,(H,22,23)(H,24,25). The van der Waals surface area contributed by atoms with Crippen molar-refractivity contribution in [3.8, 4) is 0 Å². The van der Waals surface area contributed by atoms with E-state index in [-0.39, 0.29) is 29.1 Å². The molecule has 3 unspecified atom stereocenters. The lowest BCUT2D eigenvalue weighted by atomic mass is 9.91. The zero-order chi connectivity index (χ0) is 18.2. The first-order chi connectivity index (χ1) is 11.8. The summed E-state index contributed by atoms with van der Waals surface area (Å²) in [7, 11) is 0. The highest BCUT2D eigenvalue weighted by Gasteiger charge is 2.47. The van der Waals surface area contributed by atoms with E-state index in [4.69, 9.17) is 0 Å². The van der Waals surface area contributed by atoms with E-state index in [0.29, 0.717) is 6.42 Å². The summed E-state index contributed by atoms with van der Waals surface area (Å²) in [6.07, 6.45) is 0.580. The Morgan fingerprint density at radius 3 is 2.08 bits per heavy atom. The zero-order valence-corrected chi connectivity index (χ0v) is 13.5. The number of carbonyl (C=O) groups is 2. The molecule has 1 fully saturated rings. The number of carboxylic acids is 1. The molecule has 1 aliphatic rings. The summed E-state index contributed by atoms with van der Waals surface area (Å²) >= 11 is 0. The summed E-state index contributed by atoms with van der Waals surface area (Å²) in [5.74, 6) is -2.85. The molecule has 3 rings (SSSR count). The first-order valence-corrected chi connectivity index (χ1v) is 7.88. The molecule has 1 aliphatic carbocycles. The van der Waals surface area contributed by atoms with E-state index in [0.717, 1.165) is 17.7 Å². The fourth-order valence-corrected chi connectivity index (χ4v) is 2.93. The summed E-state index contributed by atoms with van der Waals surface area (Å²) in [5, 5.41) is 12.1. The number of halogens is 2. The second-order valence-electron chi connectivity index (χ2n) is 6.43. The predicted molar refractivity (Wildman–Crippen MR) is 86.8 cm³/mol. The van der Waals surface area contributed by atoms with E-state index >= 15 is 0 Å². The van der Waals surface area contributed by atoms with Crippen molar-refractivity contribution in [1.29, 1.82) is 0 Å². The van der Waals surface area contributed by atoms with Crippen molar-refractivity contribution in [1.82, 2.24) is 5.32 Å². The van der Waals surface area contributed by atoms with Crippen molar-refractivity contribution < 1.29 is 23.5 Å². The average molecular weight is 345 g/mol. The van der Waals surface area contributed by atoms with E-state index in [9.17, 15) is 23.5 Å². The van der Waals surface area contributed by atoms with Gasteiger partial charge in [-0.25, -0.2) is 13.6 Å². The molecule has 0 spiro atoms. The second kappa shape index (κ2) is 6.27. The minimum atomic E-state index is -1.65. The van der Waals surface area contributed by atoms with Crippen LogP contribution in [0.15, 0.2) is 48.5 Å². The molecule has 2 aromatic carbocycles. The van der Waals surface area contributed by atoms with Crippen LogP contribution >= 0.6 is 0 Å². The number of amides is 1. The highest BCUT2D eigenvalue weighted by Crippen LogP contribution is 2.48. The van der Waals surface area contributed by atoms with Crippen molar-refractivity contribution in [3.63, 3.8) is 0 Å². The molecule has 0 saturated heterocycles. The third-order valence-electron chi connectivity index (χ3n) is 4.65. The van der Waals surface area contributed by atoms with Gasteiger partial charge in [-0.05, 0) is 54.7 Å². The van der Waals surface area contributed by atoms with E-state index in [1.54, 1.807) is 12.1 Å². The van der Waals surface area contributed by atoms with Gasteiger partial charge < -0.3 is 10.4 Å². The number of hydrogen-bond acceptors (Lipinski definition) is 2. The largest absolute Gasteiger partial charge is 0.479 e. The van der Waals surface area contributed by atoms with Gasteiger partial charge in [0.1, 0.15) is 11.6 Å². The van der Waals surface area contributed by atoms with Crippen LogP contribution in [0, 0.1) is 17.6 Å². The lowest BCUT2D eigenvalue weighted by Crippen LogP contribution is -2.50. The van der Waals surface area contributed by atoms with Crippen LogP contribution in [-0.2, 0) is 15.1 Å². The van der Waals surface area contributed by atoms with Crippen LogP contribution in [0.5, 0.6) is 0 Å².